The molecule has 5 heteroatoms. The van der Waals surface area contributed by atoms with E-state index in [0.29, 0.717) is 5.02 Å². The van der Waals surface area contributed by atoms with Crippen LogP contribution in [0.15, 0.2) is 48.7 Å². The summed E-state index contributed by atoms with van der Waals surface area (Å²) in [5.74, 6) is 1.57. The summed E-state index contributed by atoms with van der Waals surface area (Å²) in [5.41, 5.74) is 3.15. The third-order valence-electron chi connectivity index (χ3n) is 4.48. The number of aromatic nitrogens is 1. The molecule has 128 valence electrons. The number of aryl methyl sites for hydroxylation is 1. The second-order valence-corrected chi connectivity index (χ2v) is 6.68. The van der Waals surface area contributed by atoms with Gasteiger partial charge in [0.2, 0.25) is 0 Å². The van der Waals surface area contributed by atoms with Crippen molar-refractivity contribution >= 4 is 28.2 Å². The van der Waals surface area contributed by atoms with Gasteiger partial charge in [-0.2, -0.15) is 0 Å². The lowest BCUT2D eigenvalue weighted by molar-refractivity contribution is 0.484. The minimum atomic E-state index is 0.662. The zero-order valence-electron chi connectivity index (χ0n) is 14.1. The molecule has 0 bridgehead atoms. The largest absolute Gasteiger partial charge is 0.456 e. The highest BCUT2D eigenvalue weighted by molar-refractivity contribution is 6.30. The predicted molar refractivity (Wildman–Crippen MR) is 103 cm³/mol. The van der Waals surface area contributed by atoms with E-state index in [4.69, 9.17) is 21.3 Å². The lowest BCUT2D eigenvalue weighted by atomic mass is 10.1. The third kappa shape index (κ3) is 3.28. The molecule has 1 aromatic heterocycles. The van der Waals surface area contributed by atoms with Crippen molar-refractivity contribution in [2.75, 3.05) is 31.1 Å². The fourth-order valence-corrected chi connectivity index (χ4v) is 3.41. The first kappa shape index (κ1) is 16.2. The smallest absolute Gasteiger partial charge is 0.141 e. The summed E-state index contributed by atoms with van der Waals surface area (Å²) in [6.07, 6.45) is 1.88. The van der Waals surface area contributed by atoms with E-state index in [9.17, 15) is 0 Å². The van der Waals surface area contributed by atoms with Gasteiger partial charge in [-0.05, 0) is 37.3 Å². The molecule has 0 amide bonds. The van der Waals surface area contributed by atoms with Crippen LogP contribution in [0, 0.1) is 6.92 Å². The van der Waals surface area contributed by atoms with Crippen molar-refractivity contribution in [2.45, 2.75) is 6.92 Å². The second kappa shape index (κ2) is 6.90. The first-order chi connectivity index (χ1) is 12.2. The summed E-state index contributed by atoms with van der Waals surface area (Å²) in [7, 11) is 0. The van der Waals surface area contributed by atoms with Crippen molar-refractivity contribution in [1.29, 1.82) is 0 Å². The zero-order chi connectivity index (χ0) is 17.2. The highest BCUT2D eigenvalue weighted by Gasteiger charge is 2.17. The van der Waals surface area contributed by atoms with E-state index in [1.165, 1.54) is 0 Å². The molecule has 0 atom stereocenters. The highest BCUT2D eigenvalue weighted by atomic mass is 35.5. The molecule has 3 aromatic rings. The van der Waals surface area contributed by atoms with Crippen LogP contribution in [0.2, 0.25) is 5.02 Å². The third-order valence-corrected chi connectivity index (χ3v) is 4.71. The number of nitrogens with zero attached hydrogens (tertiary/aromatic N) is 2. The predicted octanol–water partition coefficient (Wildman–Crippen LogP) is 4.40. The van der Waals surface area contributed by atoms with Crippen LogP contribution < -0.4 is 15.0 Å². The first-order valence-corrected chi connectivity index (χ1v) is 8.87. The molecule has 0 aliphatic carbocycles. The Morgan fingerprint density at radius 1 is 1.12 bits per heavy atom. The van der Waals surface area contributed by atoms with E-state index < -0.39 is 0 Å². The van der Waals surface area contributed by atoms with Crippen molar-refractivity contribution in [3.8, 4) is 11.5 Å². The van der Waals surface area contributed by atoms with Gasteiger partial charge >= 0.3 is 0 Å². The molecule has 0 spiro atoms. The Labute approximate surface area is 152 Å². The monoisotopic (exact) mass is 353 g/mol. The Balaban J connectivity index is 1.80. The number of fused-ring (bicyclic) bond motifs is 1. The Morgan fingerprint density at radius 2 is 1.92 bits per heavy atom. The summed E-state index contributed by atoms with van der Waals surface area (Å²) >= 11 is 6.09. The summed E-state index contributed by atoms with van der Waals surface area (Å²) in [6, 6.07) is 13.8. The highest BCUT2D eigenvalue weighted by Crippen LogP contribution is 2.36. The van der Waals surface area contributed by atoms with Crippen molar-refractivity contribution in [2.24, 2.45) is 0 Å². The van der Waals surface area contributed by atoms with Gasteiger partial charge in [0, 0.05) is 48.3 Å². The molecular weight excluding hydrogens is 334 g/mol. The molecule has 0 saturated carbocycles. The molecular formula is C20H20ClN3O. The lowest BCUT2D eigenvalue weighted by Crippen LogP contribution is -2.43. The van der Waals surface area contributed by atoms with E-state index in [2.05, 4.69) is 28.4 Å². The maximum Gasteiger partial charge on any atom is 0.141 e. The van der Waals surface area contributed by atoms with Crippen molar-refractivity contribution < 1.29 is 4.74 Å². The number of ether oxygens (including phenoxy) is 1. The fraction of sp³-hybridized carbons (Fsp3) is 0.250. The number of para-hydroxylation sites is 1. The number of nitrogens with one attached hydrogen (secondary N) is 1. The van der Waals surface area contributed by atoms with E-state index in [1.54, 1.807) is 0 Å². The van der Waals surface area contributed by atoms with Gasteiger partial charge in [-0.1, -0.05) is 23.7 Å². The molecule has 0 unspecified atom stereocenters. The van der Waals surface area contributed by atoms with Gasteiger partial charge in [0.15, 0.2) is 0 Å². The minimum absolute atomic E-state index is 0.662. The number of hydrogen-bond donors (Lipinski definition) is 1. The van der Waals surface area contributed by atoms with Crippen molar-refractivity contribution in [3.05, 3.63) is 59.2 Å². The molecule has 1 aliphatic rings. The summed E-state index contributed by atoms with van der Waals surface area (Å²) < 4.78 is 6.19. The van der Waals surface area contributed by atoms with Gasteiger partial charge in [-0.25, -0.2) is 0 Å². The van der Waals surface area contributed by atoms with Crippen LogP contribution in [0.1, 0.15) is 5.56 Å². The van der Waals surface area contributed by atoms with Gasteiger partial charge < -0.3 is 15.0 Å². The van der Waals surface area contributed by atoms with Crippen LogP contribution in [0.25, 0.3) is 10.9 Å². The Kier molecular flexibility index (Phi) is 4.47. The van der Waals surface area contributed by atoms with Gasteiger partial charge in [-0.3, -0.25) is 4.98 Å². The molecule has 2 heterocycles. The maximum atomic E-state index is 6.19. The second-order valence-electron chi connectivity index (χ2n) is 6.24. The van der Waals surface area contributed by atoms with Gasteiger partial charge in [0.05, 0.1) is 11.2 Å². The van der Waals surface area contributed by atoms with Crippen molar-refractivity contribution in [1.82, 2.24) is 10.3 Å². The van der Waals surface area contributed by atoms with Crippen LogP contribution in [-0.4, -0.2) is 31.2 Å². The fourth-order valence-electron chi connectivity index (χ4n) is 3.23. The van der Waals surface area contributed by atoms with Gasteiger partial charge in [-0.15, -0.1) is 0 Å². The SMILES string of the molecule is Cc1cnc2c(N3CCNCC3)cccc2c1Oc1cccc(Cl)c1. The average Bonchev–Trinajstić information content (AvgIpc) is 2.64. The quantitative estimate of drug-likeness (QED) is 0.757. The number of anilines is 1. The molecule has 0 radical (unpaired) electrons. The number of halogens is 1. The van der Waals surface area contributed by atoms with Crippen molar-refractivity contribution in [3.63, 3.8) is 0 Å². The standard InChI is InChI=1S/C20H20ClN3O/c1-14-13-23-19-17(20(14)25-16-5-2-4-15(21)12-16)6-3-7-18(19)24-10-8-22-9-11-24/h2-7,12-13,22H,8-11H2,1H3. The first-order valence-electron chi connectivity index (χ1n) is 8.50. The normalized spacial score (nSPS) is 14.7. The summed E-state index contributed by atoms with van der Waals surface area (Å²) in [4.78, 5) is 7.09. The minimum Gasteiger partial charge on any atom is -0.456 e. The maximum absolute atomic E-state index is 6.19. The molecule has 1 N–H and O–H groups in total. The van der Waals surface area contributed by atoms with Crippen LogP contribution in [0.3, 0.4) is 0 Å². The van der Waals surface area contributed by atoms with Gasteiger partial charge in [0.1, 0.15) is 11.5 Å². The average molecular weight is 354 g/mol. The Morgan fingerprint density at radius 3 is 2.72 bits per heavy atom. The number of pyridine rings is 1. The molecule has 1 fully saturated rings. The lowest BCUT2D eigenvalue weighted by Gasteiger charge is -2.30. The number of piperazine rings is 1. The summed E-state index contributed by atoms with van der Waals surface area (Å²) in [5, 5.41) is 5.08. The summed E-state index contributed by atoms with van der Waals surface area (Å²) in [6.45, 7) is 5.98. The molecule has 1 aliphatic heterocycles. The molecule has 2 aromatic carbocycles. The van der Waals surface area contributed by atoms with E-state index >= 15 is 0 Å². The van der Waals surface area contributed by atoms with Gasteiger partial charge in [0.25, 0.3) is 0 Å². The molecule has 4 nitrogen and oxygen atoms in total. The van der Waals surface area contributed by atoms with E-state index in [1.807, 2.05) is 37.4 Å². The molecule has 1 saturated heterocycles. The number of rotatable bonds is 3. The van der Waals surface area contributed by atoms with Crippen LogP contribution in [0.4, 0.5) is 5.69 Å². The topological polar surface area (TPSA) is 37.4 Å². The molecule has 4 rings (SSSR count). The molecule has 25 heavy (non-hydrogen) atoms. The van der Waals surface area contributed by atoms with E-state index in [-0.39, 0.29) is 0 Å². The van der Waals surface area contributed by atoms with Crippen LogP contribution in [0.5, 0.6) is 11.5 Å². The van der Waals surface area contributed by atoms with E-state index in [0.717, 1.165) is 59.8 Å². The van der Waals surface area contributed by atoms with Crippen LogP contribution in [-0.2, 0) is 0 Å². The number of benzene rings is 2. The number of hydrogen-bond acceptors (Lipinski definition) is 4. The zero-order valence-corrected chi connectivity index (χ0v) is 14.9. The Bertz CT molecular complexity index is 907. The Hall–Kier alpha value is -2.30. The van der Waals surface area contributed by atoms with Crippen LogP contribution >= 0.6 is 11.6 Å².